The first kappa shape index (κ1) is 18.8. The molecule has 6 nitrogen and oxygen atoms in total. The molecule has 0 bridgehead atoms. The maximum Gasteiger partial charge on any atom is 0.224 e. The molecule has 1 N–H and O–H groups in total. The van der Waals surface area contributed by atoms with Crippen molar-refractivity contribution in [3.63, 3.8) is 0 Å². The average Bonchev–Trinajstić information content (AvgIpc) is 3.47. The second-order valence-corrected chi connectivity index (χ2v) is 7.22. The molecule has 0 atom stereocenters. The first-order valence-electron chi connectivity index (χ1n) is 10.2. The number of nitrogens with one attached hydrogen (secondary N) is 1. The van der Waals surface area contributed by atoms with Crippen LogP contribution in [-0.4, -0.2) is 25.0 Å². The molecule has 5 aromatic rings. The molecule has 0 aliphatic carbocycles. The molecule has 0 fully saturated rings. The number of hydrogen-bond acceptors (Lipinski definition) is 3. The van der Waals surface area contributed by atoms with Crippen LogP contribution in [0.15, 0.2) is 97.6 Å². The zero-order chi connectivity index (χ0) is 21.0. The zero-order valence-electron chi connectivity index (χ0n) is 16.8. The number of amides is 1. The average molecular weight is 407 g/mol. The summed E-state index contributed by atoms with van der Waals surface area (Å²) in [5, 5.41) is 3.04. The molecule has 0 unspecified atom stereocenters. The number of carbonyl (C=O) groups is 1. The number of aryl methyl sites for hydroxylation is 1. The molecular formula is C25H21N5O. The molecule has 2 heterocycles. The van der Waals surface area contributed by atoms with Crippen LogP contribution >= 0.6 is 0 Å². The molecule has 0 saturated heterocycles. The van der Waals surface area contributed by atoms with Crippen LogP contribution in [0.1, 0.15) is 12.2 Å². The molecule has 0 aliphatic heterocycles. The Morgan fingerprint density at radius 3 is 2.52 bits per heavy atom. The number of rotatable bonds is 6. The summed E-state index contributed by atoms with van der Waals surface area (Å²) in [6, 6.07) is 25.9. The van der Waals surface area contributed by atoms with Crippen molar-refractivity contribution in [2.24, 2.45) is 0 Å². The van der Waals surface area contributed by atoms with Crippen LogP contribution in [0.5, 0.6) is 0 Å². The van der Waals surface area contributed by atoms with E-state index in [4.69, 9.17) is 4.98 Å². The van der Waals surface area contributed by atoms with Crippen LogP contribution in [0.3, 0.4) is 0 Å². The number of para-hydroxylation sites is 5. The lowest BCUT2D eigenvalue weighted by atomic mass is 10.2. The highest BCUT2D eigenvalue weighted by molar-refractivity contribution is 5.93. The first-order chi connectivity index (χ1) is 15.3. The lowest BCUT2D eigenvalue weighted by Crippen LogP contribution is -2.15. The third-order valence-corrected chi connectivity index (χ3v) is 5.18. The van der Waals surface area contributed by atoms with E-state index in [1.165, 1.54) is 0 Å². The summed E-state index contributed by atoms with van der Waals surface area (Å²) in [6.45, 7) is 0. The van der Waals surface area contributed by atoms with E-state index >= 15 is 0 Å². The molecule has 0 saturated carbocycles. The molecule has 0 spiro atoms. The number of hydrogen-bond donors (Lipinski definition) is 1. The van der Waals surface area contributed by atoms with Gasteiger partial charge in [-0.2, -0.15) is 0 Å². The lowest BCUT2D eigenvalue weighted by molar-refractivity contribution is -0.116. The van der Waals surface area contributed by atoms with E-state index in [0.717, 1.165) is 33.9 Å². The molecular weight excluding hydrogens is 386 g/mol. The second-order valence-electron chi connectivity index (χ2n) is 7.22. The minimum atomic E-state index is -0.0563. The Morgan fingerprint density at radius 1 is 0.903 bits per heavy atom. The van der Waals surface area contributed by atoms with Gasteiger partial charge >= 0.3 is 0 Å². The number of carbonyl (C=O) groups excluding carboxylic acids is 1. The summed E-state index contributed by atoms with van der Waals surface area (Å²) in [7, 11) is 0. The van der Waals surface area contributed by atoms with Gasteiger partial charge in [0, 0.05) is 30.9 Å². The normalized spacial score (nSPS) is 11.0. The van der Waals surface area contributed by atoms with Crippen molar-refractivity contribution in [2.75, 3.05) is 5.32 Å². The van der Waals surface area contributed by atoms with Crippen LogP contribution in [0.25, 0.3) is 22.4 Å². The highest BCUT2D eigenvalue weighted by atomic mass is 16.1. The third-order valence-electron chi connectivity index (χ3n) is 5.18. The first-order valence-corrected chi connectivity index (χ1v) is 10.2. The van der Waals surface area contributed by atoms with E-state index in [1.807, 2.05) is 71.4 Å². The minimum absolute atomic E-state index is 0.0563. The van der Waals surface area contributed by atoms with E-state index in [9.17, 15) is 4.79 Å². The van der Waals surface area contributed by atoms with Crippen molar-refractivity contribution in [3.8, 4) is 11.4 Å². The summed E-state index contributed by atoms with van der Waals surface area (Å²) in [4.78, 5) is 21.7. The molecule has 1 amide bonds. The van der Waals surface area contributed by atoms with Crippen molar-refractivity contribution in [3.05, 3.63) is 103 Å². The predicted molar refractivity (Wildman–Crippen MR) is 122 cm³/mol. The van der Waals surface area contributed by atoms with Crippen molar-refractivity contribution in [2.45, 2.75) is 12.8 Å². The number of aromatic nitrogens is 4. The maximum atomic E-state index is 12.8. The van der Waals surface area contributed by atoms with Gasteiger partial charge in [-0.3, -0.25) is 9.36 Å². The molecule has 0 aliphatic rings. The van der Waals surface area contributed by atoms with E-state index in [-0.39, 0.29) is 5.91 Å². The fourth-order valence-electron chi connectivity index (χ4n) is 3.75. The molecule has 0 radical (unpaired) electrons. The fourth-order valence-corrected chi connectivity index (χ4v) is 3.75. The lowest BCUT2D eigenvalue weighted by Gasteiger charge is -2.12. The van der Waals surface area contributed by atoms with Gasteiger partial charge in [-0.15, -0.1) is 0 Å². The SMILES string of the molecule is O=C(CCc1nc2ccccc2n1-c1ccccc1)Nc1ccccc1-n1ccnc1. The predicted octanol–water partition coefficient (Wildman–Crippen LogP) is 4.78. The Bertz CT molecular complexity index is 1320. The molecule has 2 aromatic heterocycles. The standard InChI is InChI=1S/C25H21N5O/c31-25(28-20-10-4-6-12-22(20)29-17-16-26-18-29)15-14-24-27-21-11-5-7-13-23(21)30(24)19-8-2-1-3-9-19/h1-13,16-18H,14-15H2,(H,28,31). The van der Waals surface area contributed by atoms with E-state index in [0.29, 0.717) is 12.8 Å². The monoisotopic (exact) mass is 407 g/mol. The van der Waals surface area contributed by atoms with Gasteiger partial charge in [0.05, 0.1) is 28.7 Å². The minimum Gasteiger partial charge on any atom is -0.324 e. The van der Waals surface area contributed by atoms with Gasteiger partial charge in [0.2, 0.25) is 5.91 Å². The van der Waals surface area contributed by atoms with Gasteiger partial charge in [-0.25, -0.2) is 9.97 Å². The summed E-state index contributed by atoms with van der Waals surface area (Å²) >= 11 is 0. The van der Waals surface area contributed by atoms with Gasteiger partial charge in [0.15, 0.2) is 0 Å². The zero-order valence-corrected chi connectivity index (χ0v) is 16.8. The van der Waals surface area contributed by atoms with Crippen LogP contribution < -0.4 is 5.32 Å². The number of anilines is 1. The highest BCUT2D eigenvalue weighted by Crippen LogP contribution is 2.23. The molecule has 6 heteroatoms. The van der Waals surface area contributed by atoms with Crippen molar-refractivity contribution in [1.82, 2.24) is 19.1 Å². The molecule has 152 valence electrons. The Balaban J connectivity index is 1.38. The van der Waals surface area contributed by atoms with Crippen molar-refractivity contribution in [1.29, 1.82) is 0 Å². The number of nitrogens with zero attached hydrogens (tertiary/aromatic N) is 4. The number of benzene rings is 3. The summed E-state index contributed by atoms with van der Waals surface area (Å²) in [6.07, 6.45) is 6.14. The third kappa shape index (κ3) is 3.83. The topological polar surface area (TPSA) is 64.7 Å². The Hall–Kier alpha value is -4.19. The van der Waals surface area contributed by atoms with E-state index in [2.05, 4.69) is 33.1 Å². The van der Waals surface area contributed by atoms with Crippen LogP contribution in [0.4, 0.5) is 5.69 Å². The second kappa shape index (κ2) is 8.28. The largest absolute Gasteiger partial charge is 0.324 e. The summed E-state index contributed by atoms with van der Waals surface area (Å²) in [5.74, 6) is 0.810. The Kier molecular flexibility index (Phi) is 5.02. The molecule has 5 rings (SSSR count). The van der Waals surface area contributed by atoms with Crippen molar-refractivity contribution >= 4 is 22.6 Å². The van der Waals surface area contributed by atoms with Crippen LogP contribution in [-0.2, 0) is 11.2 Å². The number of fused-ring (bicyclic) bond motifs is 1. The summed E-state index contributed by atoms with van der Waals surface area (Å²) < 4.78 is 4.01. The molecule has 3 aromatic carbocycles. The van der Waals surface area contributed by atoms with Crippen LogP contribution in [0.2, 0.25) is 0 Å². The Morgan fingerprint density at radius 2 is 1.68 bits per heavy atom. The van der Waals surface area contributed by atoms with Crippen molar-refractivity contribution < 1.29 is 4.79 Å². The van der Waals surface area contributed by atoms with Crippen LogP contribution in [0, 0.1) is 0 Å². The quantitative estimate of drug-likeness (QED) is 0.440. The smallest absolute Gasteiger partial charge is 0.224 e. The molecule has 31 heavy (non-hydrogen) atoms. The van der Waals surface area contributed by atoms with Gasteiger partial charge in [-0.05, 0) is 36.4 Å². The highest BCUT2D eigenvalue weighted by Gasteiger charge is 2.14. The van der Waals surface area contributed by atoms with Gasteiger partial charge in [-0.1, -0.05) is 42.5 Å². The van der Waals surface area contributed by atoms with E-state index in [1.54, 1.807) is 12.5 Å². The van der Waals surface area contributed by atoms with Gasteiger partial charge in [0.1, 0.15) is 5.82 Å². The summed E-state index contributed by atoms with van der Waals surface area (Å²) in [5.41, 5.74) is 4.63. The van der Waals surface area contributed by atoms with Gasteiger partial charge in [0.25, 0.3) is 0 Å². The van der Waals surface area contributed by atoms with E-state index < -0.39 is 0 Å². The van der Waals surface area contributed by atoms with Gasteiger partial charge < -0.3 is 9.88 Å². The maximum absolute atomic E-state index is 12.8. The Labute approximate surface area is 179 Å². The number of imidazole rings is 2. The fraction of sp³-hybridized carbons (Fsp3) is 0.0800.